The van der Waals surface area contributed by atoms with E-state index in [1.807, 2.05) is 0 Å². The molecule has 296 valence electrons. The maximum atomic E-state index is 15.7. The summed E-state index contributed by atoms with van der Waals surface area (Å²) in [7, 11) is 0. The molecule has 0 N–H and O–H groups in total. The second-order valence-corrected chi connectivity index (χ2v) is 27.1. The van der Waals surface area contributed by atoms with E-state index in [2.05, 4.69) is 88.6 Å². The van der Waals surface area contributed by atoms with Gasteiger partial charge in [0.25, 0.3) is 0 Å². The van der Waals surface area contributed by atoms with Gasteiger partial charge in [-0.1, -0.05) is 80.1 Å². The molecule has 8 atom stereocenters. The van der Waals surface area contributed by atoms with E-state index in [1.54, 1.807) is 0 Å². The fraction of sp³-hybridized carbons (Fsp3) is 0.957. The average Bonchev–Trinajstić information content (AvgIpc) is 3.12. The Balaban J connectivity index is 1.15. The summed E-state index contributed by atoms with van der Waals surface area (Å²) in [4.78, 5) is 31.3. The van der Waals surface area contributed by atoms with Crippen LogP contribution in [-0.2, 0) is 9.59 Å². The molecular weight excluding hydrogens is 713 g/mol. The lowest BCUT2D eigenvalue weighted by atomic mass is 9.58. The smallest absolute Gasteiger partial charge is 0.142 e. The standard InChI is InChI=1S/C46H76O2S4/c1-45(2,3)29-17-21-33(22-18-29)51-37-27-28-38(52-34-23-19-30(20-24-34)46(4,5)6)42-41(37)43(47)39-35(49-31-13-9-7-10-14-31)25-26-36(40(39)44(42)48)50-32-15-11-8-12-16-32/h29-42H,7-28H2,1-6H3. The van der Waals surface area contributed by atoms with Gasteiger partial charge in [0.15, 0.2) is 0 Å². The summed E-state index contributed by atoms with van der Waals surface area (Å²) in [6.45, 7) is 14.6. The van der Waals surface area contributed by atoms with Gasteiger partial charge in [0.2, 0.25) is 0 Å². The highest BCUT2D eigenvalue weighted by Crippen LogP contribution is 2.58. The minimum atomic E-state index is -0.0378. The summed E-state index contributed by atoms with van der Waals surface area (Å²) < 4.78 is 0. The molecule has 7 aliphatic rings. The Morgan fingerprint density at radius 2 is 0.596 bits per heavy atom. The Morgan fingerprint density at radius 1 is 0.346 bits per heavy atom. The SMILES string of the molecule is CC(C)(C)C1CCC(SC2CCC(SC3CCC(C(C)(C)C)CC3)C3C(=O)C4C(SC5CCCCC5)CCC(SC5CCCCC5)C4C(=O)C23)CC1. The molecule has 2 nitrogen and oxygen atoms in total. The van der Waals surface area contributed by atoms with E-state index in [-0.39, 0.29) is 23.7 Å². The lowest BCUT2D eigenvalue weighted by molar-refractivity contribution is -0.149. The Morgan fingerprint density at radius 3 is 0.846 bits per heavy atom. The summed E-state index contributed by atoms with van der Waals surface area (Å²) in [5.74, 6) is 2.67. The third kappa shape index (κ3) is 9.54. The van der Waals surface area contributed by atoms with Crippen molar-refractivity contribution in [2.45, 2.75) is 225 Å². The monoisotopic (exact) mass is 788 g/mol. The number of ketones is 2. The molecule has 0 heterocycles. The molecule has 8 unspecified atom stereocenters. The zero-order chi connectivity index (χ0) is 36.6. The number of rotatable bonds is 8. The molecule has 0 amide bonds. The fourth-order valence-electron chi connectivity index (χ4n) is 12.3. The summed E-state index contributed by atoms with van der Waals surface area (Å²) in [6, 6.07) is 0. The largest absolute Gasteiger partial charge is 0.299 e. The van der Waals surface area contributed by atoms with Gasteiger partial charge in [0, 0.05) is 65.7 Å². The molecule has 52 heavy (non-hydrogen) atoms. The fourth-order valence-corrected chi connectivity index (χ4v) is 19.6. The van der Waals surface area contributed by atoms with Gasteiger partial charge in [-0.05, 0) is 125 Å². The van der Waals surface area contributed by atoms with Crippen molar-refractivity contribution in [1.29, 1.82) is 0 Å². The van der Waals surface area contributed by atoms with Gasteiger partial charge in [-0.3, -0.25) is 9.59 Å². The molecule has 0 aromatic carbocycles. The lowest BCUT2D eigenvalue weighted by Gasteiger charge is -2.54. The van der Waals surface area contributed by atoms with Crippen molar-refractivity contribution in [2.75, 3.05) is 0 Å². The summed E-state index contributed by atoms with van der Waals surface area (Å²) in [5, 5.41) is 4.14. The van der Waals surface area contributed by atoms with Gasteiger partial charge in [-0.15, -0.1) is 0 Å². The first-order valence-corrected chi connectivity index (χ1v) is 26.3. The Hall–Kier alpha value is 0.740. The summed E-state index contributed by atoms with van der Waals surface area (Å²) in [6.07, 6.45) is 28.5. The normalized spacial score (nSPS) is 41.7. The first-order chi connectivity index (χ1) is 24.9. The van der Waals surface area contributed by atoms with E-state index in [1.165, 1.54) is 116 Å². The first kappa shape index (κ1) is 40.9. The number of Topliss-reactive ketones (excluding diaryl/α,β-unsaturated/α-hetero) is 2. The maximum absolute atomic E-state index is 15.7. The van der Waals surface area contributed by atoms with Crippen molar-refractivity contribution in [1.82, 2.24) is 0 Å². The third-order valence-corrected chi connectivity index (χ3v) is 22.5. The molecule has 7 saturated carbocycles. The van der Waals surface area contributed by atoms with Crippen molar-refractivity contribution >= 4 is 58.6 Å². The minimum Gasteiger partial charge on any atom is -0.299 e. The van der Waals surface area contributed by atoms with Crippen LogP contribution in [0, 0.1) is 46.3 Å². The number of hydrogen-bond acceptors (Lipinski definition) is 6. The first-order valence-electron chi connectivity index (χ1n) is 22.6. The predicted octanol–water partition coefficient (Wildman–Crippen LogP) is 13.5. The Kier molecular flexibility index (Phi) is 13.9. The van der Waals surface area contributed by atoms with Crippen molar-refractivity contribution in [3.05, 3.63) is 0 Å². The van der Waals surface area contributed by atoms with Gasteiger partial charge in [-0.25, -0.2) is 0 Å². The second kappa shape index (κ2) is 17.7. The van der Waals surface area contributed by atoms with Gasteiger partial charge in [-0.2, -0.15) is 47.0 Å². The number of hydrogen-bond donors (Lipinski definition) is 0. The van der Waals surface area contributed by atoms with E-state index >= 15 is 9.59 Å². The molecule has 0 saturated heterocycles. The van der Waals surface area contributed by atoms with Crippen molar-refractivity contribution in [3.63, 3.8) is 0 Å². The Bertz CT molecular complexity index is 1090. The molecule has 6 heteroatoms. The highest BCUT2D eigenvalue weighted by molar-refractivity contribution is 8.01. The van der Waals surface area contributed by atoms with Gasteiger partial charge in [0.05, 0.1) is 0 Å². The molecule has 0 spiro atoms. The highest BCUT2D eigenvalue weighted by atomic mass is 32.2. The van der Waals surface area contributed by atoms with Crippen molar-refractivity contribution < 1.29 is 9.59 Å². The lowest BCUT2D eigenvalue weighted by Crippen LogP contribution is -2.62. The summed E-state index contributed by atoms with van der Waals surface area (Å²) >= 11 is 8.81. The average molecular weight is 789 g/mol. The van der Waals surface area contributed by atoms with Crippen molar-refractivity contribution in [3.8, 4) is 0 Å². The molecule has 7 fully saturated rings. The van der Waals surface area contributed by atoms with Gasteiger partial charge >= 0.3 is 0 Å². The van der Waals surface area contributed by atoms with Crippen LogP contribution in [0.25, 0.3) is 0 Å². The van der Waals surface area contributed by atoms with E-state index in [0.29, 0.717) is 64.4 Å². The van der Waals surface area contributed by atoms with E-state index < -0.39 is 0 Å². The van der Waals surface area contributed by atoms with Crippen LogP contribution < -0.4 is 0 Å². The predicted molar refractivity (Wildman–Crippen MR) is 232 cm³/mol. The van der Waals surface area contributed by atoms with Crippen molar-refractivity contribution in [2.24, 2.45) is 46.3 Å². The topological polar surface area (TPSA) is 34.1 Å². The van der Waals surface area contributed by atoms with Crippen LogP contribution in [0.5, 0.6) is 0 Å². The molecule has 7 rings (SSSR count). The van der Waals surface area contributed by atoms with E-state index in [0.717, 1.165) is 37.5 Å². The van der Waals surface area contributed by atoms with Crippen LogP contribution in [0.4, 0.5) is 0 Å². The van der Waals surface area contributed by atoms with E-state index in [4.69, 9.17) is 0 Å². The number of thioether (sulfide) groups is 4. The minimum absolute atomic E-state index is 0.0266. The maximum Gasteiger partial charge on any atom is 0.142 e. The van der Waals surface area contributed by atoms with Gasteiger partial charge < -0.3 is 0 Å². The van der Waals surface area contributed by atoms with Crippen LogP contribution in [-0.4, -0.2) is 53.6 Å². The van der Waals surface area contributed by atoms with Crippen LogP contribution >= 0.6 is 47.0 Å². The molecule has 0 aromatic rings. The van der Waals surface area contributed by atoms with Crippen LogP contribution in [0.1, 0.15) is 183 Å². The summed E-state index contributed by atoms with van der Waals surface area (Å²) in [5.41, 5.74) is 0.780. The zero-order valence-electron chi connectivity index (χ0n) is 34.1. The van der Waals surface area contributed by atoms with E-state index in [9.17, 15) is 0 Å². The van der Waals surface area contributed by atoms with Crippen LogP contribution in [0.15, 0.2) is 0 Å². The van der Waals surface area contributed by atoms with Gasteiger partial charge in [0.1, 0.15) is 11.6 Å². The number of carbonyl (C=O) groups excluding carboxylic acids is 2. The Labute approximate surface area is 337 Å². The quantitative estimate of drug-likeness (QED) is 0.244. The van der Waals surface area contributed by atoms with Crippen LogP contribution in [0.2, 0.25) is 0 Å². The third-order valence-electron chi connectivity index (χ3n) is 15.5. The molecule has 0 aromatic heterocycles. The number of fused-ring (bicyclic) bond motifs is 2. The molecule has 0 bridgehead atoms. The molecule has 0 radical (unpaired) electrons. The highest BCUT2D eigenvalue weighted by Gasteiger charge is 2.61. The molecule has 7 aliphatic carbocycles. The van der Waals surface area contributed by atoms with Crippen LogP contribution in [0.3, 0.4) is 0 Å². The second-order valence-electron chi connectivity index (χ2n) is 21.0. The zero-order valence-corrected chi connectivity index (χ0v) is 37.4. The number of carbonyl (C=O) groups is 2. The molecule has 0 aliphatic heterocycles. The molecular formula is C46H76O2S4.